The van der Waals surface area contributed by atoms with Crippen LogP contribution in [0.3, 0.4) is 0 Å². The van der Waals surface area contributed by atoms with Crippen LogP contribution < -0.4 is 0 Å². The summed E-state index contributed by atoms with van der Waals surface area (Å²) in [5.41, 5.74) is 0. The third-order valence-electron chi connectivity index (χ3n) is 1.73. The van der Waals surface area contributed by atoms with Crippen LogP contribution in [0.2, 0.25) is 0 Å². The molecular formula is C4H6O10S3-2. The van der Waals surface area contributed by atoms with Gasteiger partial charge in [0.2, 0.25) is 20.8 Å². The van der Waals surface area contributed by atoms with Gasteiger partial charge in [0.1, 0.15) is 12.2 Å². The van der Waals surface area contributed by atoms with Gasteiger partial charge in [-0.15, -0.1) is 0 Å². The monoisotopic (exact) mass is 310 g/mol. The minimum atomic E-state index is -5.24. The van der Waals surface area contributed by atoms with Crippen LogP contribution in [0, 0.1) is 0 Å². The van der Waals surface area contributed by atoms with Crippen LogP contribution in [-0.4, -0.2) is 58.1 Å². The van der Waals surface area contributed by atoms with Crippen LogP contribution >= 0.6 is 0 Å². The topological polar surface area (TPSA) is 167 Å². The van der Waals surface area contributed by atoms with E-state index in [4.69, 9.17) is 0 Å². The predicted octanol–water partition coefficient (Wildman–Crippen LogP) is -2.89. The molecule has 10 nitrogen and oxygen atoms in total. The van der Waals surface area contributed by atoms with Crippen molar-refractivity contribution in [3.05, 3.63) is 0 Å². The average molecular weight is 310 g/mol. The van der Waals surface area contributed by atoms with Crippen LogP contribution in [0.1, 0.15) is 0 Å². The van der Waals surface area contributed by atoms with Gasteiger partial charge >= 0.3 is 0 Å². The standard InChI is InChI=1S/C4H8O10S3/c5-15(6)1-3(13-16(7,8)9)4(2-15)14-17(10,11)12/h3-4H,1-2H2,(H,7,8,9)(H,10,11,12)/p-2/t3-,4-/m0/s1. The van der Waals surface area contributed by atoms with E-state index in [-0.39, 0.29) is 0 Å². The molecule has 17 heavy (non-hydrogen) atoms. The van der Waals surface area contributed by atoms with Crippen LogP contribution in [0.25, 0.3) is 0 Å². The van der Waals surface area contributed by atoms with Crippen LogP contribution in [0.5, 0.6) is 0 Å². The minimum Gasteiger partial charge on any atom is -0.726 e. The molecule has 0 aromatic rings. The highest BCUT2D eigenvalue weighted by molar-refractivity contribution is 7.91. The summed E-state index contributed by atoms with van der Waals surface area (Å²) in [5, 5.41) is 0. The Morgan fingerprint density at radius 1 is 0.882 bits per heavy atom. The second-order valence-corrected chi connectivity index (χ2v) is 7.33. The van der Waals surface area contributed by atoms with Crippen molar-refractivity contribution < 1.29 is 42.7 Å². The van der Waals surface area contributed by atoms with Gasteiger partial charge in [-0.3, -0.25) is 8.37 Å². The molecular weight excluding hydrogens is 304 g/mol. The van der Waals surface area contributed by atoms with Crippen molar-refractivity contribution in [3.63, 3.8) is 0 Å². The Balaban J connectivity index is 2.94. The number of hydrogen-bond donors (Lipinski definition) is 0. The first-order valence-corrected chi connectivity index (χ1v) is 8.35. The van der Waals surface area contributed by atoms with Gasteiger partial charge < -0.3 is 9.11 Å². The second kappa shape index (κ2) is 4.42. The Morgan fingerprint density at radius 2 is 1.18 bits per heavy atom. The fourth-order valence-corrected chi connectivity index (χ4v) is 4.13. The van der Waals surface area contributed by atoms with E-state index in [2.05, 4.69) is 8.37 Å². The quantitative estimate of drug-likeness (QED) is 0.388. The predicted molar refractivity (Wildman–Crippen MR) is 47.8 cm³/mol. The first-order chi connectivity index (χ1) is 7.38. The second-order valence-electron chi connectivity index (χ2n) is 3.16. The lowest BCUT2D eigenvalue weighted by Gasteiger charge is -2.20. The number of sulfone groups is 1. The maximum atomic E-state index is 11.1. The lowest BCUT2D eigenvalue weighted by molar-refractivity contribution is 0.0784. The summed E-state index contributed by atoms with van der Waals surface area (Å²) in [7, 11) is -14.3. The van der Waals surface area contributed by atoms with Crippen LogP contribution in [0.15, 0.2) is 0 Å². The molecule has 0 aromatic heterocycles. The maximum Gasteiger partial charge on any atom is 0.218 e. The first-order valence-electron chi connectivity index (χ1n) is 3.87. The van der Waals surface area contributed by atoms with Crippen molar-refractivity contribution >= 4 is 30.6 Å². The lowest BCUT2D eigenvalue weighted by atomic mass is 10.3. The molecule has 2 atom stereocenters. The maximum absolute atomic E-state index is 11.1. The Labute approximate surface area is 97.4 Å². The highest BCUT2D eigenvalue weighted by Gasteiger charge is 2.42. The molecule has 1 saturated heterocycles. The van der Waals surface area contributed by atoms with Crippen molar-refractivity contribution in [2.75, 3.05) is 11.5 Å². The molecule has 0 unspecified atom stereocenters. The summed E-state index contributed by atoms with van der Waals surface area (Å²) < 4.78 is 91.3. The van der Waals surface area contributed by atoms with Crippen LogP contribution in [-0.2, 0) is 39.0 Å². The van der Waals surface area contributed by atoms with Crippen molar-refractivity contribution in [2.24, 2.45) is 0 Å². The molecule has 1 rings (SSSR count). The molecule has 13 heteroatoms. The molecule has 1 aliphatic heterocycles. The van der Waals surface area contributed by atoms with E-state index in [9.17, 15) is 34.4 Å². The highest BCUT2D eigenvalue weighted by Crippen LogP contribution is 2.21. The van der Waals surface area contributed by atoms with E-state index in [0.717, 1.165) is 0 Å². The Morgan fingerprint density at radius 3 is 1.41 bits per heavy atom. The van der Waals surface area contributed by atoms with E-state index in [1.54, 1.807) is 0 Å². The van der Waals surface area contributed by atoms with E-state index >= 15 is 0 Å². The van der Waals surface area contributed by atoms with Crippen molar-refractivity contribution in [2.45, 2.75) is 12.2 Å². The van der Waals surface area contributed by atoms with Gasteiger partial charge in [-0.2, -0.15) is 0 Å². The van der Waals surface area contributed by atoms with Gasteiger partial charge in [0.15, 0.2) is 9.84 Å². The molecule has 0 N–H and O–H groups in total. The molecule has 1 heterocycles. The molecule has 1 fully saturated rings. The molecule has 0 amide bonds. The highest BCUT2D eigenvalue weighted by atomic mass is 32.3. The Bertz CT molecular complexity index is 533. The van der Waals surface area contributed by atoms with Crippen LogP contribution in [0.4, 0.5) is 0 Å². The molecule has 102 valence electrons. The molecule has 0 radical (unpaired) electrons. The van der Waals surface area contributed by atoms with Crippen molar-refractivity contribution in [1.82, 2.24) is 0 Å². The first kappa shape index (κ1) is 14.7. The van der Waals surface area contributed by atoms with E-state index in [1.807, 2.05) is 0 Å². The molecule has 0 bridgehead atoms. The molecule has 1 aliphatic rings. The summed E-state index contributed by atoms with van der Waals surface area (Å²) in [6.07, 6.45) is -3.68. The average Bonchev–Trinajstić information content (AvgIpc) is 2.17. The normalized spacial score (nSPS) is 29.3. The summed E-state index contributed by atoms with van der Waals surface area (Å²) in [5.74, 6) is -1.84. The molecule has 0 aromatic carbocycles. The third-order valence-corrected chi connectivity index (χ3v) is 4.37. The van der Waals surface area contributed by atoms with Gasteiger partial charge in [0, 0.05) is 0 Å². The number of rotatable bonds is 4. The fourth-order valence-electron chi connectivity index (χ4n) is 1.27. The summed E-state index contributed by atoms with van der Waals surface area (Å²) in [6.45, 7) is 0. The largest absolute Gasteiger partial charge is 0.726 e. The zero-order valence-electron chi connectivity index (χ0n) is 7.88. The van der Waals surface area contributed by atoms with Gasteiger partial charge in [-0.25, -0.2) is 25.3 Å². The van der Waals surface area contributed by atoms with Gasteiger partial charge in [-0.05, 0) is 0 Å². The van der Waals surface area contributed by atoms with Gasteiger partial charge in [0.25, 0.3) is 0 Å². The summed E-state index contributed by atoms with van der Waals surface area (Å²) in [6, 6.07) is 0. The van der Waals surface area contributed by atoms with Gasteiger partial charge in [0.05, 0.1) is 11.5 Å². The minimum absolute atomic E-state index is 0.922. The fraction of sp³-hybridized carbons (Fsp3) is 1.00. The molecule has 0 saturated carbocycles. The Hall–Kier alpha value is -0.310. The SMILES string of the molecule is O=S1(=O)C[C@H](OS(=O)(=O)[O-])[C@@H](OS(=O)(=O)[O-])C1. The van der Waals surface area contributed by atoms with E-state index < -0.39 is 54.3 Å². The smallest absolute Gasteiger partial charge is 0.218 e. The lowest BCUT2D eigenvalue weighted by Crippen LogP contribution is -2.33. The van der Waals surface area contributed by atoms with E-state index in [0.29, 0.717) is 0 Å². The zero-order valence-corrected chi connectivity index (χ0v) is 10.3. The molecule has 0 aliphatic carbocycles. The van der Waals surface area contributed by atoms with E-state index in [1.165, 1.54) is 0 Å². The van der Waals surface area contributed by atoms with Crippen molar-refractivity contribution in [1.29, 1.82) is 0 Å². The zero-order chi connectivity index (χ0) is 13.5. The third kappa shape index (κ3) is 5.24. The van der Waals surface area contributed by atoms with Gasteiger partial charge in [-0.1, -0.05) is 0 Å². The summed E-state index contributed by atoms with van der Waals surface area (Å²) in [4.78, 5) is 0. The number of hydrogen-bond acceptors (Lipinski definition) is 10. The summed E-state index contributed by atoms with van der Waals surface area (Å²) >= 11 is 0. The van der Waals surface area contributed by atoms with Crippen molar-refractivity contribution in [3.8, 4) is 0 Å². The molecule has 0 spiro atoms. The Kier molecular flexibility index (Phi) is 3.83.